The van der Waals surface area contributed by atoms with Crippen molar-refractivity contribution in [1.29, 1.82) is 0 Å². The molecule has 0 unspecified atom stereocenters. The third-order valence-corrected chi connectivity index (χ3v) is 3.95. The smallest absolute Gasteiger partial charge is 0.311 e. The number of hydrogen-bond acceptors (Lipinski definition) is 3. The van der Waals surface area contributed by atoms with Gasteiger partial charge in [0.15, 0.2) is 5.69 Å². The maximum absolute atomic E-state index is 12.0. The molecule has 6 nitrogen and oxygen atoms in total. The number of para-hydroxylation sites is 1. The Balaban J connectivity index is 2.05. The molecule has 0 radical (unpaired) electrons. The zero-order valence-corrected chi connectivity index (χ0v) is 14.2. The third kappa shape index (κ3) is 2.79. The van der Waals surface area contributed by atoms with Crippen molar-refractivity contribution in [2.45, 2.75) is 19.9 Å². The Morgan fingerprint density at radius 3 is 2.74 bits per heavy atom. The first-order valence-corrected chi connectivity index (χ1v) is 7.90. The summed E-state index contributed by atoms with van der Waals surface area (Å²) in [5.41, 5.74) is 1.48. The monoisotopic (exact) mass is 374 g/mol. The van der Waals surface area contributed by atoms with Crippen LogP contribution >= 0.6 is 15.9 Å². The van der Waals surface area contributed by atoms with Gasteiger partial charge in [0.05, 0.1) is 5.52 Å². The van der Waals surface area contributed by atoms with Gasteiger partial charge >= 0.3 is 5.91 Å². The van der Waals surface area contributed by atoms with Gasteiger partial charge < -0.3 is 14.7 Å². The van der Waals surface area contributed by atoms with E-state index >= 15 is 0 Å². The number of aromatic nitrogens is 2. The summed E-state index contributed by atoms with van der Waals surface area (Å²) in [4.78, 5) is 14.8. The van der Waals surface area contributed by atoms with Crippen LogP contribution in [0.5, 0.6) is 5.88 Å². The van der Waals surface area contributed by atoms with Gasteiger partial charge in [-0.15, -0.1) is 10.2 Å². The van der Waals surface area contributed by atoms with Gasteiger partial charge in [-0.3, -0.25) is 4.79 Å². The number of hydrogen-bond donors (Lipinski definition) is 2. The highest BCUT2D eigenvalue weighted by Gasteiger charge is 2.18. The fourth-order valence-electron chi connectivity index (χ4n) is 2.49. The van der Waals surface area contributed by atoms with Crippen molar-refractivity contribution < 1.29 is 9.90 Å². The molecule has 0 aliphatic heterocycles. The van der Waals surface area contributed by atoms with Crippen LogP contribution in [0.3, 0.4) is 0 Å². The minimum absolute atomic E-state index is 0.00502. The Morgan fingerprint density at radius 2 is 2.09 bits per heavy atom. The van der Waals surface area contributed by atoms with Gasteiger partial charge in [-0.1, -0.05) is 18.2 Å². The Morgan fingerprint density at radius 1 is 1.35 bits per heavy atom. The second-order valence-corrected chi connectivity index (χ2v) is 6.31. The third-order valence-electron chi connectivity index (χ3n) is 3.49. The van der Waals surface area contributed by atoms with Crippen molar-refractivity contribution >= 4 is 38.4 Å². The number of halogens is 1. The first-order chi connectivity index (χ1) is 11.0. The molecule has 2 aromatic heterocycles. The molecular formula is C16H15BrN4O2. The van der Waals surface area contributed by atoms with Crippen LogP contribution in [-0.2, 0) is 0 Å². The standard InChI is InChI=1S/C16H15BrN4O2/c1-9(2)21-13-6-4-3-5-11(13)14(16(21)23)19-20-15(22)12-7-10(17)8-18-12/h3-9,18,23H,1-2H3. The van der Waals surface area contributed by atoms with Crippen LogP contribution in [0.4, 0.5) is 5.69 Å². The molecule has 0 atom stereocenters. The molecule has 118 valence electrons. The number of fused-ring (bicyclic) bond motifs is 1. The van der Waals surface area contributed by atoms with Crippen LogP contribution in [0.1, 0.15) is 30.4 Å². The minimum Gasteiger partial charge on any atom is -0.493 e. The molecule has 0 aliphatic carbocycles. The number of carbonyl (C=O) groups excluding carboxylic acids is 1. The summed E-state index contributed by atoms with van der Waals surface area (Å²) in [6.07, 6.45) is 1.64. The van der Waals surface area contributed by atoms with Gasteiger partial charge in [0.25, 0.3) is 0 Å². The molecule has 2 heterocycles. The van der Waals surface area contributed by atoms with Crippen molar-refractivity contribution in [2.75, 3.05) is 0 Å². The lowest BCUT2D eigenvalue weighted by Gasteiger charge is -2.10. The van der Waals surface area contributed by atoms with E-state index in [1.807, 2.05) is 38.1 Å². The second kappa shape index (κ2) is 6.00. The van der Waals surface area contributed by atoms with Crippen LogP contribution in [-0.4, -0.2) is 20.6 Å². The van der Waals surface area contributed by atoms with E-state index in [1.54, 1.807) is 16.8 Å². The van der Waals surface area contributed by atoms with Crippen LogP contribution in [0, 0.1) is 0 Å². The van der Waals surface area contributed by atoms with Crippen molar-refractivity contribution in [3.63, 3.8) is 0 Å². The Kier molecular flexibility index (Phi) is 4.04. The summed E-state index contributed by atoms with van der Waals surface area (Å²) in [6.45, 7) is 3.93. The largest absolute Gasteiger partial charge is 0.493 e. The number of aromatic hydroxyl groups is 1. The van der Waals surface area contributed by atoms with Gasteiger partial charge in [0, 0.05) is 22.1 Å². The van der Waals surface area contributed by atoms with E-state index in [0.29, 0.717) is 11.4 Å². The zero-order chi connectivity index (χ0) is 16.6. The van der Waals surface area contributed by atoms with Crippen molar-refractivity contribution in [2.24, 2.45) is 10.2 Å². The molecule has 3 rings (SSSR count). The van der Waals surface area contributed by atoms with Crippen LogP contribution in [0.25, 0.3) is 10.9 Å². The summed E-state index contributed by atoms with van der Waals surface area (Å²) >= 11 is 3.26. The van der Waals surface area contributed by atoms with Gasteiger partial charge in [-0.25, -0.2) is 0 Å². The molecule has 23 heavy (non-hydrogen) atoms. The average Bonchev–Trinajstić information content (AvgIpc) is 3.06. The van der Waals surface area contributed by atoms with Crippen molar-refractivity contribution in [3.8, 4) is 5.88 Å². The maximum atomic E-state index is 12.0. The van der Waals surface area contributed by atoms with Crippen LogP contribution < -0.4 is 0 Å². The normalized spacial score (nSPS) is 11.8. The molecule has 0 saturated carbocycles. The highest BCUT2D eigenvalue weighted by Crippen LogP contribution is 2.40. The fourth-order valence-corrected chi connectivity index (χ4v) is 2.84. The Hall–Kier alpha value is -2.41. The Bertz CT molecular complexity index is 908. The van der Waals surface area contributed by atoms with E-state index in [-0.39, 0.29) is 11.9 Å². The predicted molar refractivity (Wildman–Crippen MR) is 91.3 cm³/mol. The maximum Gasteiger partial charge on any atom is 0.311 e. The fraction of sp³-hybridized carbons (Fsp3) is 0.188. The Labute approximate surface area is 141 Å². The summed E-state index contributed by atoms with van der Waals surface area (Å²) in [6, 6.07) is 9.17. The molecule has 1 amide bonds. The minimum atomic E-state index is -0.503. The molecule has 0 fully saturated rings. The van der Waals surface area contributed by atoms with Crippen molar-refractivity contribution in [1.82, 2.24) is 9.55 Å². The SMILES string of the molecule is CC(C)n1c(O)c(N=NC(=O)c2cc(Br)c[nH]2)c2ccccc21. The van der Waals surface area contributed by atoms with Gasteiger partial charge in [0.2, 0.25) is 5.88 Å². The molecule has 7 heteroatoms. The number of H-pyrrole nitrogens is 1. The van der Waals surface area contributed by atoms with E-state index in [4.69, 9.17) is 0 Å². The molecule has 2 N–H and O–H groups in total. The van der Waals surface area contributed by atoms with Crippen molar-refractivity contribution in [3.05, 3.63) is 46.7 Å². The lowest BCUT2D eigenvalue weighted by atomic mass is 10.2. The number of azo groups is 1. The summed E-state index contributed by atoms with van der Waals surface area (Å²) in [5, 5.41) is 18.9. The molecule has 0 spiro atoms. The first-order valence-electron chi connectivity index (χ1n) is 7.11. The molecule has 0 bridgehead atoms. The topological polar surface area (TPSA) is 82.7 Å². The lowest BCUT2D eigenvalue weighted by Crippen LogP contribution is -1.98. The summed E-state index contributed by atoms with van der Waals surface area (Å²) < 4.78 is 2.52. The molecule has 0 saturated heterocycles. The molecule has 3 aromatic rings. The zero-order valence-electron chi connectivity index (χ0n) is 12.6. The molecule has 0 aliphatic rings. The molecular weight excluding hydrogens is 360 g/mol. The number of amides is 1. The number of carbonyl (C=O) groups is 1. The average molecular weight is 375 g/mol. The lowest BCUT2D eigenvalue weighted by molar-refractivity contribution is 0.0991. The van der Waals surface area contributed by atoms with E-state index in [1.165, 1.54) is 0 Å². The van der Waals surface area contributed by atoms with Gasteiger partial charge in [-0.2, -0.15) is 0 Å². The van der Waals surface area contributed by atoms with E-state index in [0.717, 1.165) is 15.4 Å². The highest BCUT2D eigenvalue weighted by molar-refractivity contribution is 9.10. The predicted octanol–water partition coefficient (Wildman–Crippen LogP) is 4.94. The number of benzene rings is 1. The number of nitrogens with zero attached hydrogens (tertiary/aromatic N) is 3. The van der Waals surface area contributed by atoms with E-state index in [9.17, 15) is 9.90 Å². The van der Waals surface area contributed by atoms with Gasteiger partial charge in [-0.05, 0) is 41.9 Å². The summed E-state index contributed by atoms with van der Waals surface area (Å²) in [5.74, 6) is -0.498. The number of nitrogens with one attached hydrogen (secondary N) is 1. The first kappa shape index (κ1) is 15.5. The van der Waals surface area contributed by atoms with E-state index in [2.05, 4.69) is 31.1 Å². The second-order valence-electron chi connectivity index (χ2n) is 5.39. The van der Waals surface area contributed by atoms with E-state index < -0.39 is 5.91 Å². The number of aromatic amines is 1. The number of rotatable bonds is 3. The van der Waals surface area contributed by atoms with Crippen LogP contribution in [0.2, 0.25) is 0 Å². The molecule has 1 aromatic carbocycles. The summed E-state index contributed by atoms with van der Waals surface area (Å²) in [7, 11) is 0. The highest BCUT2D eigenvalue weighted by atomic mass is 79.9. The van der Waals surface area contributed by atoms with Crippen LogP contribution in [0.15, 0.2) is 51.2 Å². The quantitative estimate of drug-likeness (QED) is 0.636. The van der Waals surface area contributed by atoms with Gasteiger partial charge in [0.1, 0.15) is 5.69 Å².